The lowest BCUT2D eigenvalue weighted by Gasteiger charge is -2.06. The van der Waals surface area contributed by atoms with Crippen LogP contribution in [0, 0.1) is 11.3 Å². The van der Waals surface area contributed by atoms with Crippen LogP contribution >= 0.6 is 0 Å². The summed E-state index contributed by atoms with van der Waals surface area (Å²) in [5.41, 5.74) is 3.92. The molecule has 4 heteroatoms. The lowest BCUT2D eigenvalue weighted by atomic mass is 9.98. The molecule has 1 N–H and O–H groups in total. The standard InChI is InChI=1S/C14H9N3O/c15-7-11-5-13-10(6-14(18)17-13)4-12(11)9-2-1-3-16-8-9/h1-5,8H,6H2,(H,17,18). The first-order valence-corrected chi connectivity index (χ1v) is 5.55. The number of carbonyl (C=O) groups excluding carboxylic acids is 1. The van der Waals surface area contributed by atoms with Crippen molar-refractivity contribution < 1.29 is 4.79 Å². The van der Waals surface area contributed by atoms with Crippen molar-refractivity contribution in [1.29, 1.82) is 5.26 Å². The third kappa shape index (κ3) is 1.62. The van der Waals surface area contributed by atoms with Crippen LogP contribution in [0.4, 0.5) is 5.69 Å². The minimum Gasteiger partial charge on any atom is -0.325 e. The molecule has 1 aromatic carbocycles. The van der Waals surface area contributed by atoms with Crippen molar-refractivity contribution in [3.8, 4) is 17.2 Å². The van der Waals surface area contributed by atoms with Crippen molar-refractivity contribution in [1.82, 2.24) is 4.98 Å². The molecule has 18 heavy (non-hydrogen) atoms. The second kappa shape index (κ2) is 3.97. The third-order valence-electron chi connectivity index (χ3n) is 2.96. The molecule has 0 fully saturated rings. The number of nitriles is 1. The molecule has 0 saturated carbocycles. The van der Waals surface area contributed by atoms with Gasteiger partial charge >= 0.3 is 0 Å². The molecule has 0 bridgehead atoms. The average Bonchev–Trinajstić information content (AvgIpc) is 2.77. The maximum Gasteiger partial charge on any atom is 0.228 e. The van der Waals surface area contributed by atoms with E-state index in [4.69, 9.17) is 0 Å². The van der Waals surface area contributed by atoms with Gasteiger partial charge in [-0.1, -0.05) is 6.07 Å². The monoisotopic (exact) mass is 235 g/mol. The molecule has 2 heterocycles. The average molecular weight is 235 g/mol. The number of hydrogen-bond acceptors (Lipinski definition) is 3. The maximum atomic E-state index is 11.3. The van der Waals surface area contributed by atoms with E-state index >= 15 is 0 Å². The van der Waals surface area contributed by atoms with E-state index in [1.165, 1.54) is 0 Å². The zero-order chi connectivity index (χ0) is 12.5. The van der Waals surface area contributed by atoms with Crippen molar-refractivity contribution in [3.63, 3.8) is 0 Å². The van der Waals surface area contributed by atoms with Crippen LogP contribution in [-0.2, 0) is 11.2 Å². The van der Waals surface area contributed by atoms with Crippen molar-refractivity contribution in [2.45, 2.75) is 6.42 Å². The molecule has 1 aliphatic rings. The number of benzene rings is 1. The number of fused-ring (bicyclic) bond motifs is 1. The summed E-state index contributed by atoms with van der Waals surface area (Å²) >= 11 is 0. The number of nitrogens with zero attached hydrogens (tertiary/aromatic N) is 2. The van der Waals surface area contributed by atoms with Crippen LogP contribution in [0.15, 0.2) is 36.7 Å². The SMILES string of the molecule is N#Cc1cc2c(cc1-c1cccnc1)CC(=O)N2. The number of amides is 1. The highest BCUT2D eigenvalue weighted by atomic mass is 16.1. The lowest BCUT2D eigenvalue weighted by molar-refractivity contribution is -0.115. The van der Waals surface area contributed by atoms with E-state index < -0.39 is 0 Å². The van der Waals surface area contributed by atoms with Gasteiger partial charge in [0, 0.05) is 29.2 Å². The number of carbonyl (C=O) groups is 1. The first-order valence-electron chi connectivity index (χ1n) is 5.55. The molecule has 0 atom stereocenters. The Labute approximate surface area is 104 Å². The molecule has 1 aliphatic heterocycles. The summed E-state index contributed by atoms with van der Waals surface area (Å²) in [4.78, 5) is 15.4. The first-order chi connectivity index (χ1) is 8.78. The Morgan fingerprint density at radius 2 is 2.28 bits per heavy atom. The van der Waals surface area contributed by atoms with Crippen LogP contribution in [0.2, 0.25) is 0 Å². The Balaban J connectivity index is 2.19. The molecule has 4 nitrogen and oxygen atoms in total. The fourth-order valence-corrected chi connectivity index (χ4v) is 2.13. The number of nitrogens with one attached hydrogen (secondary N) is 1. The van der Waals surface area contributed by atoms with Gasteiger partial charge in [0.1, 0.15) is 0 Å². The fourth-order valence-electron chi connectivity index (χ4n) is 2.13. The predicted octanol–water partition coefficient (Wildman–Crippen LogP) is 2.11. The molecular formula is C14H9N3O. The quantitative estimate of drug-likeness (QED) is 0.823. The Kier molecular flexibility index (Phi) is 2.31. The van der Waals surface area contributed by atoms with Crippen molar-refractivity contribution in [2.75, 3.05) is 5.32 Å². The molecule has 0 radical (unpaired) electrons. The summed E-state index contributed by atoms with van der Waals surface area (Å²) in [7, 11) is 0. The normalized spacial score (nSPS) is 12.7. The summed E-state index contributed by atoms with van der Waals surface area (Å²) in [5.74, 6) is -0.0303. The van der Waals surface area contributed by atoms with E-state index in [0.717, 1.165) is 22.4 Å². The summed E-state index contributed by atoms with van der Waals surface area (Å²) in [6.45, 7) is 0. The topological polar surface area (TPSA) is 65.8 Å². The molecule has 2 aromatic rings. The third-order valence-corrected chi connectivity index (χ3v) is 2.96. The molecule has 0 spiro atoms. The van der Waals surface area contributed by atoms with E-state index in [2.05, 4.69) is 16.4 Å². The van der Waals surface area contributed by atoms with E-state index in [-0.39, 0.29) is 5.91 Å². The van der Waals surface area contributed by atoms with Crippen molar-refractivity contribution >= 4 is 11.6 Å². The van der Waals surface area contributed by atoms with Gasteiger partial charge in [-0.3, -0.25) is 9.78 Å². The number of anilines is 1. The van der Waals surface area contributed by atoms with Gasteiger partial charge < -0.3 is 5.32 Å². The zero-order valence-corrected chi connectivity index (χ0v) is 9.47. The number of aromatic nitrogens is 1. The van der Waals surface area contributed by atoms with Crippen molar-refractivity contribution in [2.24, 2.45) is 0 Å². The Hall–Kier alpha value is -2.67. The molecule has 1 amide bonds. The maximum absolute atomic E-state index is 11.3. The molecule has 0 unspecified atom stereocenters. The van der Waals surface area contributed by atoms with Gasteiger partial charge in [0.25, 0.3) is 0 Å². The minimum absolute atomic E-state index is 0.0303. The molecular weight excluding hydrogens is 226 g/mol. The highest BCUT2D eigenvalue weighted by molar-refractivity contribution is 6.00. The molecule has 0 saturated heterocycles. The van der Waals surface area contributed by atoms with E-state index in [0.29, 0.717) is 12.0 Å². The van der Waals surface area contributed by atoms with Gasteiger partial charge in [-0.2, -0.15) is 5.26 Å². The molecule has 3 rings (SSSR count). The summed E-state index contributed by atoms with van der Waals surface area (Å²) in [6.07, 6.45) is 3.77. The lowest BCUT2D eigenvalue weighted by Crippen LogP contribution is -2.03. The summed E-state index contributed by atoms with van der Waals surface area (Å²) < 4.78 is 0. The van der Waals surface area contributed by atoms with Gasteiger partial charge in [-0.05, 0) is 23.8 Å². The summed E-state index contributed by atoms with van der Waals surface area (Å²) in [5, 5.41) is 11.9. The highest BCUT2D eigenvalue weighted by Gasteiger charge is 2.20. The fraction of sp³-hybridized carbons (Fsp3) is 0.0714. The van der Waals surface area contributed by atoms with Gasteiger partial charge in [-0.15, -0.1) is 0 Å². The predicted molar refractivity (Wildman–Crippen MR) is 66.7 cm³/mol. The van der Waals surface area contributed by atoms with Crippen LogP contribution in [0.5, 0.6) is 0 Å². The molecule has 86 valence electrons. The van der Waals surface area contributed by atoms with Gasteiger partial charge in [0.05, 0.1) is 18.1 Å². The van der Waals surface area contributed by atoms with Crippen LogP contribution in [0.3, 0.4) is 0 Å². The molecule has 0 aliphatic carbocycles. The highest BCUT2D eigenvalue weighted by Crippen LogP contribution is 2.31. The second-order valence-electron chi connectivity index (χ2n) is 4.13. The van der Waals surface area contributed by atoms with Crippen LogP contribution in [-0.4, -0.2) is 10.9 Å². The number of hydrogen-bond donors (Lipinski definition) is 1. The zero-order valence-electron chi connectivity index (χ0n) is 9.47. The van der Waals surface area contributed by atoms with E-state index in [1.807, 2.05) is 18.2 Å². The number of pyridine rings is 1. The van der Waals surface area contributed by atoms with Gasteiger partial charge in [-0.25, -0.2) is 0 Å². The largest absolute Gasteiger partial charge is 0.325 e. The Bertz CT molecular complexity index is 671. The Morgan fingerprint density at radius 1 is 1.39 bits per heavy atom. The summed E-state index contributed by atoms with van der Waals surface area (Å²) in [6, 6.07) is 9.51. The Morgan fingerprint density at radius 3 is 3.00 bits per heavy atom. The van der Waals surface area contributed by atoms with Crippen LogP contribution in [0.25, 0.3) is 11.1 Å². The smallest absolute Gasteiger partial charge is 0.228 e. The van der Waals surface area contributed by atoms with Gasteiger partial charge in [0.15, 0.2) is 0 Å². The van der Waals surface area contributed by atoms with Crippen LogP contribution in [0.1, 0.15) is 11.1 Å². The first kappa shape index (κ1) is 10.5. The van der Waals surface area contributed by atoms with E-state index in [9.17, 15) is 10.1 Å². The minimum atomic E-state index is -0.0303. The van der Waals surface area contributed by atoms with Gasteiger partial charge in [0.2, 0.25) is 5.91 Å². The van der Waals surface area contributed by atoms with E-state index in [1.54, 1.807) is 18.5 Å². The van der Waals surface area contributed by atoms with Crippen molar-refractivity contribution in [3.05, 3.63) is 47.8 Å². The second-order valence-corrected chi connectivity index (χ2v) is 4.13. The number of rotatable bonds is 1. The molecule has 1 aromatic heterocycles. The van der Waals surface area contributed by atoms with Crippen LogP contribution < -0.4 is 5.32 Å².